The van der Waals surface area contributed by atoms with Crippen molar-refractivity contribution in [1.29, 1.82) is 0 Å². The molecule has 8 heteroatoms. The molecule has 452 valence electrons. The lowest BCUT2D eigenvalue weighted by atomic mass is 9.47. The number of hydrogen-bond acceptors (Lipinski definition) is 8. The SMILES string of the molecule is C/C=C(\CCC(C)C1CCC2C3CC=C4CC(OC(=O)CCCCCCCc5nc(CCCCCCCCC(=O)OC(CCCCCC)CCCCCCCC)nc(CCCCCN(C)C)n5)CCC4(C)C3CCC12C)C(C)C. The van der Waals surface area contributed by atoms with Crippen LogP contribution in [0.25, 0.3) is 0 Å². The summed E-state index contributed by atoms with van der Waals surface area (Å²) in [5.41, 5.74) is 4.02. The van der Waals surface area contributed by atoms with Crippen LogP contribution in [-0.2, 0) is 38.3 Å². The second kappa shape index (κ2) is 36.9. The monoisotopic (exact) mass is 1100 g/mol. The molecule has 9 unspecified atom stereocenters. The molecule has 0 radical (unpaired) electrons. The zero-order valence-corrected chi connectivity index (χ0v) is 53.4. The van der Waals surface area contributed by atoms with Crippen molar-refractivity contribution in [3.63, 3.8) is 0 Å². The Labute approximate surface area is 487 Å². The Morgan fingerprint density at radius 3 is 1.72 bits per heavy atom. The predicted molar refractivity (Wildman–Crippen MR) is 332 cm³/mol. The van der Waals surface area contributed by atoms with Crippen LogP contribution < -0.4 is 0 Å². The Hall–Kier alpha value is -2.61. The van der Waals surface area contributed by atoms with Crippen molar-refractivity contribution in [2.24, 2.45) is 46.3 Å². The minimum absolute atomic E-state index is 0.0110. The molecule has 0 saturated heterocycles. The number of nitrogens with zero attached hydrogens (tertiary/aromatic N) is 4. The van der Waals surface area contributed by atoms with E-state index in [0.717, 1.165) is 169 Å². The molecule has 0 aliphatic heterocycles. The van der Waals surface area contributed by atoms with Gasteiger partial charge in [0.1, 0.15) is 29.7 Å². The molecular formula is C71H124N4O4. The Morgan fingerprint density at radius 2 is 1.15 bits per heavy atom. The van der Waals surface area contributed by atoms with E-state index in [2.05, 4.69) is 86.5 Å². The predicted octanol–water partition coefficient (Wildman–Crippen LogP) is 19.4. The molecule has 0 amide bonds. The molecule has 8 nitrogen and oxygen atoms in total. The maximum Gasteiger partial charge on any atom is 0.306 e. The number of aryl methyl sites for hydroxylation is 3. The number of carbonyl (C=O) groups excluding carboxylic acids is 2. The molecule has 4 aliphatic rings. The third-order valence-corrected chi connectivity index (χ3v) is 20.8. The fraction of sp³-hybridized carbons (Fsp3) is 0.873. The molecule has 5 rings (SSSR count). The molecule has 1 aromatic heterocycles. The summed E-state index contributed by atoms with van der Waals surface area (Å²) in [6.45, 7) is 20.5. The van der Waals surface area contributed by atoms with Gasteiger partial charge in [-0.1, -0.05) is 174 Å². The number of hydrogen-bond donors (Lipinski definition) is 0. The van der Waals surface area contributed by atoms with E-state index in [9.17, 15) is 9.59 Å². The summed E-state index contributed by atoms with van der Waals surface area (Å²) in [6.07, 6.45) is 51.7. The van der Waals surface area contributed by atoms with Crippen molar-refractivity contribution in [1.82, 2.24) is 19.9 Å². The standard InChI is InChI=1S/C71H124N4O4/c1-11-14-16-18-22-29-37-59(36-28-17-15-12-2)78-68(76)41-33-25-20-19-23-30-38-65-72-66(74-67(73-65)40-32-27-35-53-75(9)10)39-31-24-21-26-34-42-69(77)79-60-49-51-70(7)58(54-60)45-46-61-63-48-47-62(71(63,8)52-50-64(61)70)56(6)43-44-57(13-3)55(4)5/h13,45,55-56,59-64H,11-12,14-44,46-54H2,1-10H3/b57-13+. The Balaban J connectivity index is 0.969. The Morgan fingerprint density at radius 1 is 0.620 bits per heavy atom. The van der Waals surface area contributed by atoms with Gasteiger partial charge in [-0.05, 0) is 196 Å². The van der Waals surface area contributed by atoms with Crippen LogP contribution in [0, 0.1) is 46.3 Å². The molecule has 0 N–H and O–H groups in total. The van der Waals surface area contributed by atoms with E-state index in [1.807, 2.05) is 0 Å². The first kappa shape index (κ1) is 67.2. The van der Waals surface area contributed by atoms with Crippen molar-refractivity contribution in [2.75, 3.05) is 20.6 Å². The average Bonchev–Trinajstić information content (AvgIpc) is 4.09. The number of carbonyl (C=O) groups is 2. The first-order valence-electron chi connectivity index (χ1n) is 34.3. The molecule has 1 heterocycles. The normalized spacial score (nSPS) is 24.7. The van der Waals surface area contributed by atoms with Gasteiger partial charge >= 0.3 is 11.9 Å². The van der Waals surface area contributed by atoms with E-state index in [0.29, 0.717) is 24.2 Å². The van der Waals surface area contributed by atoms with Gasteiger partial charge in [-0.25, -0.2) is 15.0 Å². The quantitative estimate of drug-likeness (QED) is 0.0363. The molecule has 1 aromatic rings. The van der Waals surface area contributed by atoms with Gasteiger partial charge in [0.05, 0.1) is 0 Å². The smallest absolute Gasteiger partial charge is 0.306 e. The fourth-order valence-electron chi connectivity index (χ4n) is 15.9. The van der Waals surface area contributed by atoms with Crippen LogP contribution in [0.2, 0.25) is 0 Å². The van der Waals surface area contributed by atoms with Crippen LogP contribution >= 0.6 is 0 Å². The van der Waals surface area contributed by atoms with Gasteiger partial charge in [-0.2, -0.15) is 0 Å². The number of ether oxygens (including phenoxy) is 2. The largest absolute Gasteiger partial charge is 0.462 e. The second-order valence-electron chi connectivity index (χ2n) is 27.5. The second-order valence-corrected chi connectivity index (χ2v) is 27.5. The highest BCUT2D eigenvalue weighted by molar-refractivity contribution is 5.70. The zero-order chi connectivity index (χ0) is 56.9. The molecular weight excluding hydrogens is 973 g/mol. The number of allylic oxidation sites excluding steroid dienone is 3. The molecule has 79 heavy (non-hydrogen) atoms. The minimum atomic E-state index is 0.0110. The maximum atomic E-state index is 13.2. The summed E-state index contributed by atoms with van der Waals surface area (Å²) in [6, 6.07) is 0. The van der Waals surface area contributed by atoms with Crippen molar-refractivity contribution in [3.8, 4) is 0 Å². The summed E-state index contributed by atoms with van der Waals surface area (Å²) in [5.74, 6) is 7.71. The van der Waals surface area contributed by atoms with Crippen LogP contribution in [-0.4, -0.2) is 64.6 Å². The molecule has 0 spiro atoms. The van der Waals surface area contributed by atoms with Crippen molar-refractivity contribution >= 4 is 11.9 Å². The lowest BCUT2D eigenvalue weighted by Gasteiger charge is -2.58. The van der Waals surface area contributed by atoms with Crippen LogP contribution in [0.1, 0.15) is 317 Å². The van der Waals surface area contributed by atoms with Gasteiger partial charge < -0.3 is 14.4 Å². The van der Waals surface area contributed by atoms with Crippen LogP contribution in [0.3, 0.4) is 0 Å². The summed E-state index contributed by atoms with van der Waals surface area (Å²) < 4.78 is 12.3. The van der Waals surface area contributed by atoms with Crippen LogP contribution in [0.15, 0.2) is 23.3 Å². The topological polar surface area (TPSA) is 94.5 Å². The van der Waals surface area contributed by atoms with E-state index < -0.39 is 0 Å². The summed E-state index contributed by atoms with van der Waals surface area (Å²) in [7, 11) is 4.29. The molecule has 0 bridgehead atoms. The molecule has 9 atom stereocenters. The van der Waals surface area contributed by atoms with Gasteiger partial charge in [-0.3, -0.25) is 9.59 Å². The van der Waals surface area contributed by atoms with Gasteiger partial charge in [0.2, 0.25) is 0 Å². The number of rotatable bonds is 42. The highest BCUT2D eigenvalue weighted by Crippen LogP contribution is 2.67. The van der Waals surface area contributed by atoms with Crippen LogP contribution in [0.5, 0.6) is 0 Å². The fourth-order valence-corrected chi connectivity index (χ4v) is 15.9. The number of aromatic nitrogens is 3. The number of unbranched alkanes of at least 4 members (excludes halogenated alkanes) is 19. The third-order valence-electron chi connectivity index (χ3n) is 20.8. The van der Waals surface area contributed by atoms with Gasteiger partial charge in [-0.15, -0.1) is 0 Å². The minimum Gasteiger partial charge on any atom is -0.462 e. The lowest BCUT2D eigenvalue weighted by molar-refractivity contribution is -0.152. The average molecular weight is 1100 g/mol. The summed E-state index contributed by atoms with van der Waals surface area (Å²) >= 11 is 0. The molecule has 4 aliphatic carbocycles. The van der Waals surface area contributed by atoms with E-state index in [1.54, 1.807) is 11.1 Å². The summed E-state index contributed by atoms with van der Waals surface area (Å²) in [5, 5.41) is 0. The first-order valence-corrected chi connectivity index (χ1v) is 34.3. The van der Waals surface area contributed by atoms with E-state index in [4.69, 9.17) is 24.4 Å². The van der Waals surface area contributed by atoms with Crippen LogP contribution in [0.4, 0.5) is 0 Å². The highest BCUT2D eigenvalue weighted by Gasteiger charge is 2.59. The van der Waals surface area contributed by atoms with Crippen molar-refractivity contribution in [3.05, 3.63) is 40.8 Å². The van der Waals surface area contributed by atoms with E-state index in [-0.39, 0.29) is 29.6 Å². The zero-order valence-electron chi connectivity index (χ0n) is 53.4. The van der Waals surface area contributed by atoms with E-state index >= 15 is 0 Å². The molecule has 0 aromatic carbocycles. The van der Waals surface area contributed by atoms with E-state index in [1.165, 1.54) is 135 Å². The third kappa shape index (κ3) is 22.8. The first-order chi connectivity index (χ1) is 38.2. The number of fused-ring (bicyclic) bond motifs is 5. The Kier molecular flexibility index (Phi) is 31.3. The van der Waals surface area contributed by atoms with Crippen molar-refractivity contribution < 1.29 is 19.1 Å². The maximum absolute atomic E-state index is 13.2. The molecule has 3 fully saturated rings. The van der Waals surface area contributed by atoms with Gasteiger partial charge in [0.25, 0.3) is 0 Å². The van der Waals surface area contributed by atoms with Crippen molar-refractivity contribution in [2.45, 2.75) is 331 Å². The van der Waals surface area contributed by atoms with Gasteiger partial charge in [0, 0.05) is 38.5 Å². The number of esters is 2. The molecule has 3 saturated carbocycles. The summed E-state index contributed by atoms with van der Waals surface area (Å²) in [4.78, 5) is 43.4. The Bertz CT molecular complexity index is 1930. The lowest BCUT2D eigenvalue weighted by Crippen LogP contribution is -2.51. The van der Waals surface area contributed by atoms with Gasteiger partial charge in [0.15, 0.2) is 0 Å². The highest BCUT2D eigenvalue weighted by atomic mass is 16.5.